The quantitative estimate of drug-likeness (QED) is 0.824. The Labute approximate surface area is 113 Å². The monoisotopic (exact) mass is 266 g/mol. The van der Waals surface area contributed by atoms with Gasteiger partial charge in [-0.15, -0.1) is 4.98 Å². The number of rotatable bonds is 5. The summed E-state index contributed by atoms with van der Waals surface area (Å²) < 4.78 is 11.2. The van der Waals surface area contributed by atoms with E-state index in [4.69, 9.17) is 15.2 Å². The van der Waals surface area contributed by atoms with E-state index >= 15 is 0 Å². The van der Waals surface area contributed by atoms with E-state index in [9.17, 15) is 0 Å². The van der Waals surface area contributed by atoms with Crippen LogP contribution in [0, 0.1) is 0 Å². The highest BCUT2D eigenvalue weighted by atomic mass is 16.5. The highest BCUT2D eigenvalue weighted by molar-refractivity contribution is 5.20. The minimum absolute atomic E-state index is 0.143. The Balaban J connectivity index is 1.99. The maximum atomic E-state index is 5.81. The third-order valence-corrected chi connectivity index (χ3v) is 3.12. The van der Waals surface area contributed by atoms with Crippen molar-refractivity contribution in [3.63, 3.8) is 0 Å². The van der Waals surface area contributed by atoms with Crippen molar-refractivity contribution in [2.24, 2.45) is 0 Å². The minimum atomic E-state index is 0.143. The second-order valence-corrected chi connectivity index (χ2v) is 4.84. The second kappa shape index (κ2) is 7.11. The van der Waals surface area contributed by atoms with Crippen LogP contribution < -0.4 is 15.2 Å². The molecule has 6 heteroatoms. The SMILES string of the molecule is CCCOc1nc(N)nc(OC2CCCCCC2)n1. The van der Waals surface area contributed by atoms with Gasteiger partial charge in [0.25, 0.3) is 0 Å². The molecule has 19 heavy (non-hydrogen) atoms. The Bertz CT molecular complexity index is 392. The van der Waals surface area contributed by atoms with E-state index in [-0.39, 0.29) is 24.1 Å². The molecule has 6 nitrogen and oxygen atoms in total. The lowest BCUT2D eigenvalue weighted by molar-refractivity contribution is 0.164. The molecule has 1 aliphatic rings. The minimum Gasteiger partial charge on any atom is -0.463 e. The van der Waals surface area contributed by atoms with Gasteiger partial charge in [-0.3, -0.25) is 0 Å². The molecule has 0 saturated heterocycles. The predicted molar refractivity (Wildman–Crippen MR) is 72.1 cm³/mol. The third-order valence-electron chi connectivity index (χ3n) is 3.12. The summed E-state index contributed by atoms with van der Waals surface area (Å²) in [6.07, 6.45) is 8.14. The fourth-order valence-electron chi connectivity index (χ4n) is 2.17. The van der Waals surface area contributed by atoms with E-state index in [0.29, 0.717) is 6.61 Å². The molecular formula is C13H22N4O2. The van der Waals surface area contributed by atoms with Crippen LogP contribution in [0.2, 0.25) is 0 Å². The highest BCUT2D eigenvalue weighted by Gasteiger charge is 2.16. The highest BCUT2D eigenvalue weighted by Crippen LogP contribution is 2.21. The maximum absolute atomic E-state index is 5.81. The summed E-state index contributed by atoms with van der Waals surface area (Å²) in [6, 6.07) is 0.531. The molecular weight excluding hydrogens is 244 g/mol. The van der Waals surface area contributed by atoms with Crippen molar-refractivity contribution in [1.82, 2.24) is 15.0 Å². The predicted octanol–water partition coefficient (Wildman–Crippen LogP) is 2.34. The van der Waals surface area contributed by atoms with E-state index in [1.807, 2.05) is 6.92 Å². The van der Waals surface area contributed by atoms with Crippen LogP contribution in [0.1, 0.15) is 51.9 Å². The van der Waals surface area contributed by atoms with Gasteiger partial charge in [0.2, 0.25) is 5.95 Å². The molecule has 0 radical (unpaired) electrons. The van der Waals surface area contributed by atoms with Gasteiger partial charge < -0.3 is 15.2 Å². The van der Waals surface area contributed by atoms with E-state index in [0.717, 1.165) is 19.3 Å². The molecule has 0 bridgehead atoms. The van der Waals surface area contributed by atoms with Gasteiger partial charge in [0, 0.05) is 0 Å². The van der Waals surface area contributed by atoms with Gasteiger partial charge in [-0.05, 0) is 32.1 Å². The summed E-state index contributed by atoms with van der Waals surface area (Å²) in [4.78, 5) is 12.1. The van der Waals surface area contributed by atoms with Crippen LogP contribution >= 0.6 is 0 Å². The topological polar surface area (TPSA) is 83.2 Å². The molecule has 1 aliphatic carbocycles. The first-order chi connectivity index (χ1) is 9.28. The van der Waals surface area contributed by atoms with Gasteiger partial charge in [0.1, 0.15) is 6.10 Å². The molecule has 0 aliphatic heterocycles. The number of nitrogens with two attached hydrogens (primary N) is 1. The molecule has 1 fully saturated rings. The molecule has 2 N–H and O–H groups in total. The molecule has 0 unspecified atom stereocenters. The van der Waals surface area contributed by atoms with Gasteiger partial charge in [0.05, 0.1) is 6.61 Å². The Morgan fingerprint density at radius 2 is 1.74 bits per heavy atom. The number of nitrogens with zero attached hydrogens (tertiary/aromatic N) is 3. The number of hydrogen-bond donors (Lipinski definition) is 1. The molecule has 106 valence electrons. The maximum Gasteiger partial charge on any atom is 0.324 e. The summed E-state index contributed by atoms with van der Waals surface area (Å²) in [5, 5.41) is 0. The van der Waals surface area contributed by atoms with Gasteiger partial charge in [-0.25, -0.2) is 0 Å². The lowest BCUT2D eigenvalue weighted by atomic mass is 10.2. The summed E-state index contributed by atoms with van der Waals surface area (Å²) >= 11 is 0. The van der Waals surface area contributed by atoms with Crippen LogP contribution in [0.3, 0.4) is 0 Å². The fraction of sp³-hybridized carbons (Fsp3) is 0.769. The van der Waals surface area contributed by atoms with E-state index in [2.05, 4.69) is 15.0 Å². The van der Waals surface area contributed by atoms with Gasteiger partial charge >= 0.3 is 12.0 Å². The smallest absolute Gasteiger partial charge is 0.324 e. The first-order valence-corrected chi connectivity index (χ1v) is 7.09. The average Bonchev–Trinajstić information content (AvgIpc) is 2.64. The van der Waals surface area contributed by atoms with Crippen LogP contribution in [0.15, 0.2) is 0 Å². The van der Waals surface area contributed by atoms with Crippen LogP contribution in [-0.2, 0) is 0 Å². The largest absolute Gasteiger partial charge is 0.463 e. The van der Waals surface area contributed by atoms with Crippen LogP contribution in [0.4, 0.5) is 5.95 Å². The summed E-state index contributed by atoms with van der Waals surface area (Å²) in [5.74, 6) is 0.143. The zero-order chi connectivity index (χ0) is 13.5. The molecule has 0 spiro atoms. The van der Waals surface area contributed by atoms with Gasteiger partial charge in [-0.2, -0.15) is 9.97 Å². The molecule has 1 heterocycles. The van der Waals surface area contributed by atoms with E-state index in [1.54, 1.807) is 0 Å². The molecule has 2 rings (SSSR count). The summed E-state index contributed by atoms with van der Waals surface area (Å²) in [7, 11) is 0. The van der Waals surface area contributed by atoms with Crippen LogP contribution in [-0.4, -0.2) is 27.7 Å². The first-order valence-electron chi connectivity index (χ1n) is 7.09. The zero-order valence-corrected chi connectivity index (χ0v) is 11.5. The van der Waals surface area contributed by atoms with Crippen molar-refractivity contribution >= 4 is 5.95 Å². The van der Waals surface area contributed by atoms with Crippen molar-refractivity contribution in [3.05, 3.63) is 0 Å². The fourth-order valence-corrected chi connectivity index (χ4v) is 2.17. The lowest BCUT2D eigenvalue weighted by Gasteiger charge is -2.15. The number of anilines is 1. The van der Waals surface area contributed by atoms with Crippen molar-refractivity contribution < 1.29 is 9.47 Å². The summed E-state index contributed by atoms with van der Waals surface area (Å²) in [5.41, 5.74) is 5.64. The number of nitrogen functional groups attached to an aromatic ring is 1. The zero-order valence-electron chi connectivity index (χ0n) is 11.5. The molecule has 1 aromatic heterocycles. The van der Waals surface area contributed by atoms with E-state index < -0.39 is 0 Å². The van der Waals surface area contributed by atoms with Crippen molar-refractivity contribution in [3.8, 4) is 12.0 Å². The number of ether oxygens (including phenoxy) is 2. The third kappa shape index (κ3) is 4.54. The molecule has 0 atom stereocenters. The Kier molecular flexibility index (Phi) is 5.18. The van der Waals surface area contributed by atoms with Crippen molar-refractivity contribution in [1.29, 1.82) is 0 Å². The average molecular weight is 266 g/mol. The van der Waals surface area contributed by atoms with Gasteiger partial charge in [0.15, 0.2) is 0 Å². The number of aromatic nitrogens is 3. The van der Waals surface area contributed by atoms with Crippen LogP contribution in [0.5, 0.6) is 12.0 Å². The van der Waals surface area contributed by atoms with Crippen molar-refractivity contribution in [2.75, 3.05) is 12.3 Å². The molecule has 0 amide bonds. The van der Waals surface area contributed by atoms with Gasteiger partial charge in [-0.1, -0.05) is 19.8 Å². The normalized spacial score (nSPS) is 16.9. The van der Waals surface area contributed by atoms with E-state index in [1.165, 1.54) is 25.7 Å². The molecule has 1 saturated carbocycles. The Hall–Kier alpha value is -1.59. The lowest BCUT2D eigenvalue weighted by Crippen LogP contribution is -2.17. The Morgan fingerprint density at radius 3 is 2.42 bits per heavy atom. The molecule has 0 aromatic carbocycles. The standard InChI is InChI=1S/C13H22N4O2/c1-2-9-18-12-15-11(14)16-13(17-12)19-10-7-5-3-4-6-8-10/h10H,2-9H2,1H3,(H2,14,15,16,17). The van der Waals surface area contributed by atoms with Crippen LogP contribution in [0.25, 0.3) is 0 Å². The van der Waals surface area contributed by atoms with Crippen molar-refractivity contribution in [2.45, 2.75) is 58.0 Å². The number of hydrogen-bond acceptors (Lipinski definition) is 6. The first kappa shape index (κ1) is 13.8. The molecule has 1 aromatic rings. The Morgan fingerprint density at radius 1 is 1.05 bits per heavy atom. The second-order valence-electron chi connectivity index (χ2n) is 4.84. The summed E-state index contributed by atoms with van der Waals surface area (Å²) in [6.45, 7) is 2.58.